The summed E-state index contributed by atoms with van der Waals surface area (Å²) in [7, 11) is 1.58. The Hall–Kier alpha value is -0.770. The average Bonchev–Trinajstić information content (AvgIpc) is 2.16. The van der Waals surface area contributed by atoms with Crippen molar-refractivity contribution in [2.75, 3.05) is 13.7 Å². The molecule has 0 spiro atoms. The lowest BCUT2D eigenvalue weighted by Crippen LogP contribution is -1.99. The Kier molecular flexibility index (Phi) is 4.02. The first-order valence-electron chi connectivity index (χ1n) is 4.11. The first kappa shape index (κ1) is 10.3. The molecule has 0 N–H and O–H groups in total. The first-order valence-corrected chi connectivity index (χ1v) is 4.90. The van der Waals surface area contributed by atoms with Crippen molar-refractivity contribution in [2.24, 2.45) is 0 Å². The van der Waals surface area contributed by atoms with E-state index in [2.05, 4.69) is 27.8 Å². The molecule has 0 aromatic carbocycles. The van der Waals surface area contributed by atoms with E-state index < -0.39 is 0 Å². The molecule has 0 aliphatic heterocycles. The number of methoxy groups -OCH3 is 1. The third-order valence-electron chi connectivity index (χ3n) is 1.45. The Morgan fingerprint density at radius 2 is 2.23 bits per heavy atom. The molecule has 0 aliphatic rings. The van der Waals surface area contributed by atoms with E-state index in [0.29, 0.717) is 18.2 Å². The van der Waals surface area contributed by atoms with E-state index in [1.807, 2.05) is 12.1 Å². The Morgan fingerprint density at radius 3 is 2.85 bits per heavy atom. The second-order valence-corrected chi connectivity index (χ2v) is 3.30. The van der Waals surface area contributed by atoms with Gasteiger partial charge in [0, 0.05) is 0 Å². The summed E-state index contributed by atoms with van der Waals surface area (Å²) in [6.45, 7) is 2.73. The Morgan fingerprint density at radius 1 is 1.46 bits per heavy atom. The van der Waals surface area contributed by atoms with Crippen LogP contribution in [0.2, 0.25) is 0 Å². The van der Waals surface area contributed by atoms with Crippen LogP contribution < -0.4 is 9.47 Å². The molecule has 0 bridgehead atoms. The van der Waals surface area contributed by atoms with Crippen molar-refractivity contribution in [3.8, 4) is 11.6 Å². The van der Waals surface area contributed by atoms with Crippen LogP contribution in [0.4, 0.5) is 0 Å². The second-order valence-electron chi connectivity index (χ2n) is 2.49. The fraction of sp³-hybridized carbons (Fsp3) is 0.444. The van der Waals surface area contributed by atoms with Crippen LogP contribution in [0, 0.1) is 0 Å². The minimum atomic E-state index is 0.517. The minimum Gasteiger partial charge on any atom is -0.488 e. The highest BCUT2D eigenvalue weighted by Gasteiger charge is 2.05. The Bertz CT molecular complexity index is 278. The SMILES string of the molecule is CCCOc1ccc(Br)nc1OC. The molecule has 0 atom stereocenters. The average molecular weight is 246 g/mol. The molecule has 0 saturated heterocycles. The van der Waals surface area contributed by atoms with Crippen LogP contribution in [0.3, 0.4) is 0 Å². The summed E-state index contributed by atoms with van der Waals surface area (Å²) >= 11 is 3.26. The monoisotopic (exact) mass is 245 g/mol. The summed E-state index contributed by atoms with van der Waals surface area (Å²) in [6, 6.07) is 3.67. The minimum absolute atomic E-state index is 0.517. The van der Waals surface area contributed by atoms with E-state index >= 15 is 0 Å². The van der Waals surface area contributed by atoms with Gasteiger partial charge >= 0.3 is 0 Å². The van der Waals surface area contributed by atoms with Gasteiger partial charge in [-0.15, -0.1) is 0 Å². The van der Waals surface area contributed by atoms with E-state index in [1.165, 1.54) is 0 Å². The van der Waals surface area contributed by atoms with E-state index in [0.717, 1.165) is 11.0 Å². The van der Waals surface area contributed by atoms with Gasteiger partial charge in [0.05, 0.1) is 13.7 Å². The van der Waals surface area contributed by atoms with Crippen molar-refractivity contribution in [2.45, 2.75) is 13.3 Å². The number of pyridine rings is 1. The highest BCUT2D eigenvalue weighted by Crippen LogP contribution is 2.26. The zero-order chi connectivity index (χ0) is 9.68. The van der Waals surface area contributed by atoms with Crippen molar-refractivity contribution in [3.63, 3.8) is 0 Å². The summed E-state index contributed by atoms with van der Waals surface area (Å²) in [5.74, 6) is 1.20. The number of halogens is 1. The second kappa shape index (κ2) is 5.07. The summed E-state index contributed by atoms with van der Waals surface area (Å²) in [4.78, 5) is 4.11. The molecule has 1 rings (SSSR count). The summed E-state index contributed by atoms with van der Waals surface area (Å²) < 4.78 is 11.2. The van der Waals surface area contributed by atoms with Crippen LogP contribution >= 0.6 is 15.9 Å². The highest BCUT2D eigenvalue weighted by molar-refractivity contribution is 9.10. The summed E-state index contributed by atoms with van der Waals surface area (Å²) in [5.41, 5.74) is 0. The molecule has 0 unspecified atom stereocenters. The molecule has 4 heteroatoms. The molecule has 0 saturated carbocycles. The normalized spacial score (nSPS) is 9.77. The summed E-state index contributed by atoms with van der Waals surface area (Å²) in [5, 5.41) is 0. The van der Waals surface area contributed by atoms with Crippen molar-refractivity contribution in [1.82, 2.24) is 4.98 Å². The van der Waals surface area contributed by atoms with Gasteiger partial charge in [-0.3, -0.25) is 0 Å². The van der Waals surface area contributed by atoms with Gasteiger partial charge in [-0.2, -0.15) is 0 Å². The Labute approximate surface area is 86.2 Å². The van der Waals surface area contributed by atoms with Gasteiger partial charge < -0.3 is 9.47 Å². The number of nitrogens with zero attached hydrogens (tertiary/aromatic N) is 1. The summed E-state index contributed by atoms with van der Waals surface area (Å²) in [6.07, 6.45) is 0.971. The van der Waals surface area contributed by atoms with E-state index in [4.69, 9.17) is 9.47 Å². The predicted molar refractivity (Wildman–Crippen MR) is 54.3 cm³/mol. The molecule has 13 heavy (non-hydrogen) atoms. The first-order chi connectivity index (χ1) is 6.27. The molecule has 0 radical (unpaired) electrons. The van der Waals surface area contributed by atoms with E-state index in [9.17, 15) is 0 Å². The maximum absolute atomic E-state index is 5.42. The van der Waals surface area contributed by atoms with Crippen LogP contribution in [-0.2, 0) is 0 Å². The maximum Gasteiger partial charge on any atom is 0.257 e. The standard InChI is InChI=1S/C9H12BrNO2/c1-3-6-13-7-4-5-8(10)11-9(7)12-2/h4-5H,3,6H2,1-2H3. The van der Waals surface area contributed by atoms with Gasteiger partial charge in [0.15, 0.2) is 5.75 Å². The Balaban J connectivity index is 2.79. The van der Waals surface area contributed by atoms with Crippen molar-refractivity contribution in [3.05, 3.63) is 16.7 Å². The molecule has 0 amide bonds. The van der Waals surface area contributed by atoms with Crippen LogP contribution in [0.1, 0.15) is 13.3 Å². The molecule has 0 aliphatic carbocycles. The number of hydrogen-bond donors (Lipinski definition) is 0. The largest absolute Gasteiger partial charge is 0.488 e. The molecular weight excluding hydrogens is 234 g/mol. The maximum atomic E-state index is 5.42. The quantitative estimate of drug-likeness (QED) is 0.765. The van der Waals surface area contributed by atoms with Crippen molar-refractivity contribution in [1.29, 1.82) is 0 Å². The van der Waals surface area contributed by atoms with E-state index in [1.54, 1.807) is 7.11 Å². The zero-order valence-corrected chi connectivity index (χ0v) is 9.30. The van der Waals surface area contributed by atoms with E-state index in [-0.39, 0.29) is 0 Å². The van der Waals surface area contributed by atoms with Gasteiger partial charge in [0.25, 0.3) is 5.88 Å². The molecule has 72 valence electrons. The van der Waals surface area contributed by atoms with Crippen LogP contribution in [0.15, 0.2) is 16.7 Å². The molecule has 1 aromatic heterocycles. The number of hydrogen-bond acceptors (Lipinski definition) is 3. The predicted octanol–water partition coefficient (Wildman–Crippen LogP) is 2.64. The lowest BCUT2D eigenvalue weighted by molar-refractivity contribution is 0.288. The molecule has 0 fully saturated rings. The highest BCUT2D eigenvalue weighted by atomic mass is 79.9. The molecular formula is C9H12BrNO2. The molecule has 1 heterocycles. The molecule has 1 aromatic rings. The fourth-order valence-electron chi connectivity index (χ4n) is 0.873. The zero-order valence-electron chi connectivity index (χ0n) is 7.71. The molecule has 3 nitrogen and oxygen atoms in total. The van der Waals surface area contributed by atoms with Gasteiger partial charge in [-0.1, -0.05) is 6.92 Å². The number of rotatable bonds is 4. The van der Waals surface area contributed by atoms with Crippen LogP contribution in [0.5, 0.6) is 11.6 Å². The fourth-order valence-corrected chi connectivity index (χ4v) is 1.17. The lowest BCUT2D eigenvalue weighted by Gasteiger charge is -2.08. The van der Waals surface area contributed by atoms with Gasteiger partial charge in [0.1, 0.15) is 4.60 Å². The number of aromatic nitrogens is 1. The smallest absolute Gasteiger partial charge is 0.257 e. The topological polar surface area (TPSA) is 31.4 Å². The van der Waals surface area contributed by atoms with Crippen molar-refractivity contribution >= 4 is 15.9 Å². The lowest BCUT2D eigenvalue weighted by atomic mass is 10.4. The van der Waals surface area contributed by atoms with Crippen LogP contribution in [0.25, 0.3) is 0 Å². The third-order valence-corrected chi connectivity index (χ3v) is 1.89. The van der Waals surface area contributed by atoms with Gasteiger partial charge in [-0.25, -0.2) is 4.98 Å². The van der Waals surface area contributed by atoms with Crippen LogP contribution in [-0.4, -0.2) is 18.7 Å². The van der Waals surface area contributed by atoms with Crippen molar-refractivity contribution < 1.29 is 9.47 Å². The van der Waals surface area contributed by atoms with Gasteiger partial charge in [0.2, 0.25) is 0 Å². The number of ether oxygens (including phenoxy) is 2. The third kappa shape index (κ3) is 2.88. The van der Waals surface area contributed by atoms with Gasteiger partial charge in [-0.05, 0) is 34.5 Å².